The quantitative estimate of drug-likeness (QED) is 0.814. The molecule has 20 heavy (non-hydrogen) atoms. The molecular weight excluding hydrogens is 250 g/mol. The maximum absolute atomic E-state index is 10.7. The van der Waals surface area contributed by atoms with Gasteiger partial charge >= 0.3 is 0 Å². The minimum atomic E-state index is -0.461. The smallest absolute Gasteiger partial charge is 0.0771 e. The van der Waals surface area contributed by atoms with Crippen LogP contribution in [0.2, 0.25) is 0 Å². The molecule has 0 radical (unpaired) electrons. The van der Waals surface area contributed by atoms with Crippen LogP contribution < -0.4 is 5.32 Å². The van der Waals surface area contributed by atoms with Crippen molar-refractivity contribution in [3.05, 3.63) is 0 Å². The third-order valence-electron chi connectivity index (χ3n) is 5.39. The summed E-state index contributed by atoms with van der Waals surface area (Å²) in [5.74, 6) is 1.42. The molecule has 1 saturated heterocycles. The van der Waals surface area contributed by atoms with Gasteiger partial charge in [-0.3, -0.25) is 0 Å². The van der Waals surface area contributed by atoms with Crippen molar-refractivity contribution in [3.63, 3.8) is 0 Å². The summed E-state index contributed by atoms with van der Waals surface area (Å²) in [5.41, 5.74) is -0.461. The summed E-state index contributed by atoms with van der Waals surface area (Å²) < 4.78 is 5.81. The largest absolute Gasteiger partial charge is 0.389 e. The Bertz CT molecular complexity index is 285. The zero-order chi connectivity index (χ0) is 14.6. The minimum absolute atomic E-state index is 0.381. The van der Waals surface area contributed by atoms with E-state index in [9.17, 15) is 5.11 Å². The molecule has 1 heterocycles. The predicted molar refractivity (Wildman–Crippen MR) is 82.8 cm³/mol. The van der Waals surface area contributed by atoms with Gasteiger partial charge in [-0.1, -0.05) is 27.2 Å². The fourth-order valence-electron chi connectivity index (χ4n) is 3.61. The number of ether oxygens (including phenoxy) is 1. The lowest BCUT2D eigenvalue weighted by Crippen LogP contribution is -2.49. The molecule has 2 fully saturated rings. The van der Waals surface area contributed by atoms with Gasteiger partial charge in [-0.15, -0.1) is 0 Å². The Morgan fingerprint density at radius 3 is 2.55 bits per heavy atom. The summed E-state index contributed by atoms with van der Waals surface area (Å²) in [5, 5.41) is 14.3. The van der Waals surface area contributed by atoms with Gasteiger partial charge in [-0.2, -0.15) is 0 Å². The number of nitrogens with one attached hydrogen (secondary N) is 1. The maximum atomic E-state index is 10.7. The Balaban J connectivity index is 1.74. The lowest BCUT2D eigenvalue weighted by molar-refractivity contribution is -0.0384. The second-order valence-electron chi connectivity index (χ2n) is 7.33. The van der Waals surface area contributed by atoms with Gasteiger partial charge in [0.15, 0.2) is 0 Å². The van der Waals surface area contributed by atoms with Crippen LogP contribution in [-0.2, 0) is 4.74 Å². The zero-order valence-corrected chi connectivity index (χ0v) is 13.5. The van der Waals surface area contributed by atoms with Crippen LogP contribution in [0.25, 0.3) is 0 Å². The molecule has 0 aromatic heterocycles. The van der Waals surface area contributed by atoms with E-state index in [1.807, 2.05) is 0 Å². The molecule has 0 amide bonds. The number of hydrogen-bond acceptors (Lipinski definition) is 3. The Morgan fingerprint density at radius 1 is 1.25 bits per heavy atom. The van der Waals surface area contributed by atoms with Crippen LogP contribution >= 0.6 is 0 Å². The Labute approximate surface area is 124 Å². The Hall–Kier alpha value is -0.120. The van der Waals surface area contributed by atoms with Crippen LogP contribution in [0.5, 0.6) is 0 Å². The van der Waals surface area contributed by atoms with Gasteiger partial charge in [0.25, 0.3) is 0 Å². The second kappa shape index (κ2) is 7.24. The topological polar surface area (TPSA) is 41.5 Å². The van der Waals surface area contributed by atoms with Crippen LogP contribution in [0.4, 0.5) is 0 Å². The number of hydrogen-bond donors (Lipinski definition) is 2. The molecule has 2 N–H and O–H groups in total. The summed E-state index contributed by atoms with van der Waals surface area (Å²) >= 11 is 0. The monoisotopic (exact) mass is 283 g/mol. The Morgan fingerprint density at radius 2 is 1.95 bits per heavy atom. The number of rotatable bonds is 5. The molecule has 1 saturated carbocycles. The van der Waals surface area contributed by atoms with Crippen molar-refractivity contribution in [3.8, 4) is 0 Å². The molecule has 3 heteroatoms. The summed E-state index contributed by atoms with van der Waals surface area (Å²) in [6, 6.07) is 0.518. The van der Waals surface area contributed by atoms with Crippen molar-refractivity contribution in [1.82, 2.24) is 5.32 Å². The van der Waals surface area contributed by atoms with E-state index >= 15 is 0 Å². The molecule has 0 spiro atoms. The van der Waals surface area contributed by atoms with E-state index in [-0.39, 0.29) is 0 Å². The standard InChI is InChI=1S/C17H33NO2/c1-4-14-5-8-17(19,9-6-14)12-18-15-7-10-20-16(11-15)13(2)3/h13-16,18-19H,4-12H2,1-3H3. The molecule has 3 nitrogen and oxygen atoms in total. The van der Waals surface area contributed by atoms with Gasteiger partial charge in [0.05, 0.1) is 11.7 Å². The highest BCUT2D eigenvalue weighted by molar-refractivity contribution is 4.89. The average molecular weight is 283 g/mol. The van der Waals surface area contributed by atoms with Gasteiger partial charge in [0, 0.05) is 19.2 Å². The normalized spacial score (nSPS) is 39.1. The van der Waals surface area contributed by atoms with Crippen LogP contribution in [0.15, 0.2) is 0 Å². The van der Waals surface area contributed by atoms with Crippen molar-refractivity contribution in [2.75, 3.05) is 13.2 Å². The number of aliphatic hydroxyl groups is 1. The first-order chi connectivity index (χ1) is 9.52. The van der Waals surface area contributed by atoms with E-state index < -0.39 is 5.60 Å². The maximum Gasteiger partial charge on any atom is 0.0771 e. The lowest BCUT2D eigenvalue weighted by atomic mass is 9.77. The van der Waals surface area contributed by atoms with E-state index in [0.29, 0.717) is 18.1 Å². The highest BCUT2D eigenvalue weighted by Crippen LogP contribution is 2.33. The van der Waals surface area contributed by atoms with E-state index in [0.717, 1.165) is 44.8 Å². The van der Waals surface area contributed by atoms with Gasteiger partial charge in [0.2, 0.25) is 0 Å². The lowest BCUT2D eigenvalue weighted by Gasteiger charge is -2.39. The molecule has 2 atom stereocenters. The van der Waals surface area contributed by atoms with E-state index in [4.69, 9.17) is 4.74 Å². The molecule has 1 aliphatic heterocycles. The molecule has 0 bridgehead atoms. The first-order valence-electron chi connectivity index (χ1n) is 8.60. The third kappa shape index (κ3) is 4.44. The molecular formula is C17H33NO2. The summed E-state index contributed by atoms with van der Waals surface area (Å²) in [7, 11) is 0. The molecule has 1 aliphatic carbocycles. The third-order valence-corrected chi connectivity index (χ3v) is 5.39. The van der Waals surface area contributed by atoms with Crippen molar-refractivity contribution in [2.24, 2.45) is 11.8 Å². The summed E-state index contributed by atoms with van der Waals surface area (Å²) in [6.07, 6.45) is 8.13. The SMILES string of the molecule is CCC1CCC(O)(CNC2CCOC(C(C)C)C2)CC1. The van der Waals surface area contributed by atoms with Gasteiger partial charge < -0.3 is 15.2 Å². The van der Waals surface area contributed by atoms with Crippen molar-refractivity contribution in [1.29, 1.82) is 0 Å². The van der Waals surface area contributed by atoms with E-state index in [1.54, 1.807) is 0 Å². The van der Waals surface area contributed by atoms with Gasteiger partial charge in [-0.05, 0) is 50.4 Å². The molecule has 118 valence electrons. The summed E-state index contributed by atoms with van der Waals surface area (Å²) in [6.45, 7) is 8.34. The molecule has 0 aromatic rings. The average Bonchev–Trinajstić information content (AvgIpc) is 2.46. The molecule has 0 aromatic carbocycles. The summed E-state index contributed by atoms with van der Waals surface area (Å²) in [4.78, 5) is 0. The van der Waals surface area contributed by atoms with Crippen LogP contribution in [-0.4, -0.2) is 36.0 Å². The highest BCUT2D eigenvalue weighted by atomic mass is 16.5. The van der Waals surface area contributed by atoms with Crippen molar-refractivity contribution >= 4 is 0 Å². The van der Waals surface area contributed by atoms with Gasteiger partial charge in [-0.25, -0.2) is 0 Å². The first-order valence-corrected chi connectivity index (χ1v) is 8.60. The fourth-order valence-corrected chi connectivity index (χ4v) is 3.61. The fraction of sp³-hybridized carbons (Fsp3) is 1.00. The van der Waals surface area contributed by atoms with E-state index in [2.05, 4.69) is 26.1 Å². The molecule has 2 aliphatic rings. The second-order valence-corrected chi connectivity index (χ2v) is 7.33. The zero-order valence-electron chi connectivity index (χ0n) is 13.5. The van der Waals surface area contributed by atoms with E-state index in [1.165, 1.54) is 19.3 Å². The predicted octanol–water partition coefficient (Wildman–Crippen LogP) is 3.11. The van der Waals surface area contributed by atoms with Crippen LogP contribution in [0, 0.1) is 11.8 Å². The van der Waals surface area contributed by atoms with Gasteiger partial charge in [0.1, 0.15) is 0 Å². The molecule has 2 rings (SSSR count). The Kier molecular flexibility index (Phi) is 5.88. The van der Waals surface area contributed by atoms with Crippen LogP contribution in [0.3, 0.4) is 0 Å². The van der Waals surface area contributed by atoms with Crippen molar-refractivity contribution in [2.45, 2.75) is 83.5 Å². The van der Waals surface area contributed by atoms with Crippen LogP contribution in [0.1, 0.15) is 65.7 Å². The van der Waals surface area contributed by atoms with Crippen molar-refractivity contribution < 1.29 is 9.84 Å². The minimum Gasteiger partial charge on any atom is -0.389 e. The highest BCUT2D eigenvalue weighted by Gasteiger charge is 2.33. The molecule has 2 unspecified atom stereocenters. The first kappa shape index (κ1) is 16.3.